The second kappa shape index (κ2) is 6.59. The maximum atomic E-state index is 5.45. The van der Waals surface area contributed by atoms with Crippen molar-refractivity contribution >= 4 is 15.9 Å². The molecule has 0 bridgehead atoms. The van der Waals surface area contributed by atoms with Crippen LogP contribution in [0, 0.1) is 13.8 Å². The number of halogens is 1. The largest absolute Gasteiger partial charge is 0.469 e. The van der Waals surface area contributed by atoms with Crippen molar-refractivity contribution in [2.24, 2.45) is 7.05 Å². The molecule has 0 fully saturated rings. The molecule has 1 N–H and O–H groups in total. The van der Waals surface area contributed by atoms with Crippen LogP contribution in [0.4, 0.5) is 0 Å². The fraction of sp³-hybridized carbons (Fsp3) is 0.533. The highest BCUT2D eigenvalue weighted by Crippen LogP contribution is 2.27. The van der Waals surface area contributed by atoms with Crippen LogP contribution in [0.15, 0.2) is 21.2 Å². The molecule has 0 amide bonds. The molecular formula is C15H22BrN3O. The molecule has 2 heterocycles. The van der Waals surface area contributed by atoms with E-state index in [1.165, 1.54) is 11.3 Å². The Kier molecular flexibility index (Phi) is 5.05. The lowest BCUT2D eigenvalue weighted by Crippen LogP contribution is -2.24. The van der Waals surface area contributed by atoms with E-state index in [1.54, 1.807) is 0 Å². The molecule has 0 saturated carbocycles. The number of hydrogen-bond donors (Lipinski definition) is 1. The Labute approximate surface area is 128 Å². The molecule has 0 spiro atoms. The molecule has 0 aliphatic rings. The molecule has 110 valence electrons. The van der Waals surface area contributed by atoms with E-state index < -0.39 is 0 Å². The quantitative estimate of drug-likeness (QED) is 0.872. The smallest absolute Gasteiger partial charge is 0.101 e. The first-order valence-electron chi connectivity index (χ1n) is 6.99. The Bertz CT molecular complexity index is 574. The van der Waals surface area contributed by atoms with Gasteiger partial charge in [0.15, 0.2) is 0 Å². The van der Waals surface area contributed by atoms with Gasteiger partial charge in [-0.3, -0.25) is 4.68 Å². The monoisotopic (exact) mass is 339 g/mol. The van der Waals surface area contributed by atoms with Gasteiger partial charge in [-0.15, -0.1) is 0 Å². The van der Waals surface area contributed by atoms with Crippen molar-refractivity contribution in [2.45, 2.75) is 39.7 Å². The van der Waals surface area contributed by atoms with Gasteiger partial charge in [-0.25, -0.2) is 0 Å². The third-order valence-corrected chi connectivity index (χ3v) is 4.48. The molecule has 2 aromatic rings. The summed E-state index contributed by atoms with van der Waals surface area (Å²) < 4.78 is 8.51. The van der Waals surface area contributed by atoms with E-state index in [1.807, 2.05) is 31.8 Å². The van der Waals surface area contributed by atoms with E-state index in [2.05, 4.69) is 39.3 Å². The fourth-order valence-corrected chi connectivity index (χ4v) is 2.87. The van der Waals surface area contributed by atoms with Gasteiger partial charge < -0.3 is 9.73 Å². The van der Waals surface area contributed by atoms with Crippen molar-refractivity contribution in [1.29, 1.82) is 0 Å². The summed E-state index contributed by atoms with van der Waals surface area (Å²) >= 11 is 3.64. The second-order valence-electron chi connectivity index (χ2n) is 5.17. The van der Waals surface area contributed by atoms with Gasteiger partial charge in [-0.05, 0) is 48.8 Å². The van der Waals surface area contributed by atoms with E-state index in [-0.39, 0.29) is 6.04 Å². The Hall–Kier alpha value is -1.07. The van der Waals surface area contributed by atoms with Crippen LogP contribution in [0.5, 0.6) is 0 Å². The topological polar surface area (TPSA) is 43.0 Å². The van der Waals surface area contributed by atoms with Crippen LogP contribution in [0.3, 0.4) is 0 Å². The summed E-state index contributed by atoms with van der Waals surface area (Å²) in [7, 11) is 1.99. The Balaban J connectivity index is 2.23. The lowest BCUT2D eigenvalue weighted by Gasteiger charge is -2.17. The minimum absolute atomic E-state index is 0.249. The van der Waals surface area contributed by atoms with Crippen LogP contribution in [-0.2, 0) is 13.5 Å². The molecule has 0 radical (unpaired) electrons. The van der Waals surface area contributed by atoms with Gasteiger partial charge >= 0.3 is 0 Å². The highest BCUT2D eigenvalue weighted by molar-refractivity contribution is 9.10. The normalized spacial score (nSPS) is 12.8. The zero-order chi connectivity index (χ0) is 14.7. The Morgan fingerprint density at radius 2 is 2.20 bits per heavy atom. The first-order chi connectivity index (χ1) is 9.52. The molecule has 0 saturated heterocycles. The van der Waals surface area contributed by atoms with Crippen LogP contribution in [0.1, 0.15) is 42.1 Å². The van der Waals surface area contributed by atoms with Gasteiger partial charge in [0, 0.05) is 25.1 Å². The summed E-state index contributed by atoms with van der Waals surface area (Å²) in [6.07, 6.45) is 3.84. The average Bonchev–Trinajstić information content (AvgIpc) is 2.93. The van der Waals surface area contributed by atoms with Gasteiger partial charge in [-0.2, -0.15) is 5.10 Å². The Morgan fingerprint density at radius 3 is 2.70 bits per heavy atom. The molecule has 1 unspecified atom stereocenters. The molecule has 5 heteroatoms. The molecule has 4 nitrogen and oxygen atoms in total. The fourth-order valence-electron chi connectivity index (χ4n) is 2.37. The van der Waals surface area contributed by atoms with Gasteiger partial charge in [0.1, 0.15) is 5.76 Å². The van der Waals surface area contributed by atoms with Crippen LogP contribution in [0.2, 0.25) is 0 Å². The van der Waals surface area contributed by atoms with Gasteiger partial charge in [0.2, 0.25) is 0 Å². The number of furan rings is 1. The molecule has 2 aromatic heterocycles. The third kappa shape index (κ3) is 3.33. The van der Waals surface area contributed by atoms with Crippen LogP contribution in [0.25, 0.3) is 0 Å². The summed E-state index contributed by atoms with van der Waals surface area (Å²) in [5.74, 6) is 0.948. The van der Waals surface area contributed by atoms with Gasteiger partial charge in [-0.1, -0.05) is 6.92 Å². The van der Waals surface area contributed by atoms with Crippen molar-refractivity contribution in [2.75, 3.05) is 6.54 Å². The standard InChI is InChI=1S/C15H22BrN3O/c1-5-6-17-13(12-7-10(2)20-9-12)8-14-15(16)11(3)18-19(14)4/h7,9,13,17H,5-6,8H2,1-4H3. The molecule has 0 aromatic carbocycles. The summed E-state index contributed by atoms with van der Waals surface area (Å²) in [5.41, 5.74) is 3.43. The molecule has 0 aliphatic carbocycles. The summed E-state index contributed by atoms with van der Waals surface area (Å²) in [4.78, 5) is 0. The summed E-state index contributed by atoms with van der Waals surface area (Å²) in [6.45, 7) is 7.16. The van der Waals surface area contributed by atoms with E-state index >= 15 is 0 Å². The molecule has 1 atom stereocenters. The minimum Gasteiger partial charge on any atom is -0.469 e. The highest BCUT2D eigenvalue weighted by atomic mass is 79.9. The van der Waals surface area contributed by atoms with Crippen molar-refractivity contribution < 1.29 is 4.42 Å². The molecule has 0 aliphatic heterocycles. The number of nitrogens with zero attached hydrogens (tertiary/aromatic N) is 2. The third-order valence-electron chi connectivity index (χ3n) is 3.45. The van der Waals surface area contributed by atoms with Crippen molar-refractivity contribution in [1.82, 2.24) is 15.1 Å². The first kappa shape index (κ1) is 15.3. The number of aryl methyl sites for hydroxylation is 3. The van der Waals surface area contributed by atoms with E-state index in [0.29, 0.717) is 0 Å². The van der Waals surface area contributed by atoms with Crippen molar-refractivity contribution in [3.63, 3.8) is 0 Å². The average molecular weight is 340 g/mol. The molecule has 2 rings (SSSR count). The van der Waals surface area contributed by atoms with E-state index in [4.69, 9.17) is 4.42 Å². The highest BCUT2D eigenvalue weighted by Gasteiger charge is 2.19. The number of rotatable bonds is 6. The predicted octanol–water partition coefficient (Wildman–Crippen LogP) is 3.68. The Morgan fingerprint density at radius 1 is 1.45 bits per heavy atom. The lowest BCUT2D eigenvalue weighted by molar-refractivity contribution is 0.493. The van der Waals surface area contributed by atoms with Crippen LogP contribution >= 0.6 is 15.9 Å². The zero-order valence-corrected chi connectivity index (χ0v) is 14.1. The maximum absolute atomic E-state index is 5.45. The van der Waals surface area contributed by atoms with Gasteiger partial charge in [0.05, 0.1) is 22.1 Å². The number of hydrogen-bond acceptors (Lipinski definition) is 3. The second-order valence-corrected chi connectivity index (χ2v) is 5.96. The van der Waals surface area contributed by atoms with Crippen molar-refractivity contribution in [3.05, 3.63) is 39.5 Å². The van der Waals surface area contributed by atoms with E-state index in [0.717, 1.165) is 35.3 Å². The SMILES string of the molecule is CCCNC(Cc1c(Br)c(C)nn1C)c1coc(C)c1. The zero-order valence-electron chi connectivity index (χ0n) is 12.5. The van der Waals surface area contributed by atoms with Gasteiger partial charge in [0.25, 0.3) is 0 Å². The number of nitrogens with one attached hydrogen (secondary N) is 1. The van der Waals surface area contributed by atoms with Crippen molar-refractivity contribution in [3.8, 4) is 0 Å². The summed E-state index contributed by atoms with van der Waals surface area (Å²) in [6, 6.07) is 2.35. The first-order valence-corrected chi connectivity index (χ1v) is 7.78. The molecule has 20 heavy (non-hydrogen) atoms. The lowest BCUT2D eigenvalue weighted by atomic mass is 10.0. The maximum Gasteiger partial charge on any atom is 0.101 e. The predicted molar refractivity (Wildman–Crippen MR) is 83.8 cm³/mol. The number of aromatic nitrogens is 2. The molecular weight excluding hydrogens is 318 g/mol. The van der Waals surface area contributed by atoms with E-state index in [9.17, 15) is 0 Å². The minimum atomic E-state index is 0.249. The summed E-state index contributed by atoms with van der Waals surface area (Å²) in [5, 5.41) is 8.05. The van der Waals surface area contributed by atoms with Crippen LogP contribution < -0.4 is 5.32 Å². The van der Waals surface area contributed by atoms with Crippen LogP contribution in [-0.4, -0.2) is 16.3 Å².